The standard InChI is InChI=1S/C53H36N2O10S5/c1-33-5-3-6-46(44(33)31-54)62-38-15-9-34(10-16-38)35-11-17-39(18-12-35)63-47-7-4-8-49(45(47)32-55)67-42-23-19-40(20-24-42)66-41-21-25-43(26-22-41)68-50-28-14-36(29-51(50)69-65-64-57)53(56)37-13-27-48(61-2)52(30-37)70(58,59)60/h3-30,57H,1-2H3,(H,58,59,60). The van der Waals surface area contributed by atoms with E-state index in [0.717, 1.165) is 47.2 Å². The van der Waals surface area contributed by atoms with Crippen LogP contribution in [0.2, 0.25) is 0 Å². The van der Waals surface area contributed by atoms with Crippen LogP contribution in [-0.4, -0.2) is 31.1 Å². The van der Waals surface area contributed by atoms with Crippen LogP contribution in [0.1, 0.15) is 32.6 Å². The molecule has 0 atom stereocenters. The molecule has 0 saturated heterocycles. The van der Waals surface area contributed by atoms with Crippen molar-refractivity contribution in [3.63, 3.8) is 0 Å². The Balaban J connectivity index is 0.878. The predicted molar refractivity (Wildman–Crippen MR) is 268 cm³/mol. The molecule has 0 unspecified atom stereocenters. The number of hydrogen-bond acceptors (Lipinski definition) is 15. The Morgan fingerprint density at radius 2 is 1.06 bits per heavy atom. The molecular weight excluding hydrogens is 985 g/mol. The third-order valence-electron chi connectivity index (χ3n) is 10.3. The maximum atomic E-state index is 13.4. The number of nitrogens with zero attached hydrogens (tertiary/aromatic N) is 2. The van der Waals surface area contributed by atoms with E-state index in [2.05, 4.69) is 17.2 Å². The maximum Gasteiger partial charge on any atom is 0.298 e. The quantitative estimate of drug-likeness (QED) is 0.0272. The first-order valence-corrected chi connectivity index (χ1v) is 25.4. The summed E-state index contributed by atoms with van der Waals surface area (Å²) in [5.41, 5.74) is 3.91. The van der Waals surface area contributed by atoms with Crippen LogP contribution in [0, 0.1) is 29.6 Å². The van der Waals surface area contributed by atoms with Crippen LogP contribution in [0.15, 0.2) is 209 Å². The number of hydrogen-bond donors (Lipinski definition) is 2. The fraction of sp³-hybridized carbons (Fsp3) is 0.0377. The Labute approximate surface area is 420 Å². The first-order chi connectivity index (χ1) is 33.9. The highest BCUT2D eigenvalue weighted by Gasteiger charge is 2.21. The molecule has 0 saturated carbocycles. The van der Waals surface area contributed by atoms with Gasteiger partial charge in [-0.1, -0.05) is 82.8 Å². The Hall–Kier alpha value is -7.00. The van der Waals surface area contributed by atoms with Crippen molar-refractivity contribution in [1.82, 2.24) is 0 Å². The summed E-state index contributed by atoms with van der Waals surface area (Å²) in [5, 5.41) is 32.5. The van der Waals surface area contributed by atoms with Crippen LogP contribution in [0.4, 0.5) is 0 Å². The van der Waals surface area contributed by atoms with Gasteiger partial charge in [0.15, 0.2) is 5.78 Å². The van der Waals surface area contributed by atoms with Gasteiger partial charge in [0.1, 0.15) is 51.3 Å². The molecule has 0 radical (unpaired) electrons. The molecule has 8 aromatic rings. The van der Waals surface area contributed by atoms with Gasteiger partial charge in [0.2, 0.25) is 0 Å². The summed E-state index contributed by atoms with van der Waals surface area (Å²) < 4.78 is 55.5. The van der Waals surface area contributed by atoms with Gasteiger partial charge in [0, 0.05) is 40.5 Å². The highest BCUT2D eigenvalue weighted by molar-refractivity contribution is 8.01. The number of ether oxygens (including phenoxy) is 3. The Morgan fingerprint density at radius 3 is 1.59 bits per heavy atom. The van der Waals surface area contributed by atoms with Crippen molar-refractivity contribution < 1.29 is 46.6 Å². The van der Waals surface area contributed by atoms with Gasteiger partial charge in [-0.2, -0.15) is 18.9 Å². The van der Waals surface area contributed by atoms with Gasteiger partial charge in [-0.05, 0) is 151 Å². The summed E-state index contributed by atoms with van der Waals surface area (Å²) in [6, 6.07) is 55.3. The molecular formula is C53H36N2O10S5. The topological polar surface area (TPSA) is 185 Å². The SMILES string of the molecule is COc1ccc(C(=O)c2ccc(Sc3ccc(Sc4ccc(Sc5cccc(Oc6ccc(-c7ccc(Oc8cccc(C)c8C#N)cc7)cc6)c5C#N)cc4)cc3)c(SOOO)c2)cc1S(=O)(=O)O. The van der Waals surface area contributed by atoms with Crippen LogP contribution in [0.5, 0.6) is 28.7 Å². The second-order valence-electron chi connectivity index (χ2n) is 14.9. The first kappa shape index (κ1) is 49.4. The Bertz CT molecular complexity index is 3400. The Kier molecular flexibility index (Phi) is 16.0. The Morgan fingerprint density at radius 1 is 0.557 bits per heavy atom. The minimum atomic E-state index is -4.67. The van der Waals surface area contributed by atoms with E-state index in [9.17, 15) is 28.3 Å². The molecule has 8 aromatic carbocycles. The van der Waals surface area contributed by atoms with E-state index in [0.29, 0.717) is 56.0 Å². The van der Waals surface area contributed by atoms with Gasteiger partial charge >= 0.3 is 0 Å². The zero-order valence-corrected chi connectivity index (χ0v) is 40.8. The fourth-order valence-corrected chi connectivity index (χ4v) is 10.8. The van der Waals surface area contributed by atoms with E-state index in [1.54, 1.807) is 36.0 Å². The fourth-order valence-electron chi connectivity index (χ4n) is 6.92. The third-order valence-corrected chi connectivity index (χ3v) is 15.2. The molecule has 0 aliphatic carbocycles. The van der Waals surface area contributed by atoms with Crippen LogP contribution in [-0.2, 0) is 19.5 Å². The van der Waals surface area contributed by atoms with Crippen LogP contribution in [0.3, 0.4) is 0 Å². The zero-order valence-electron chi connectivity index (χ0n) is 36.8. The van der Waals surface area contributed by atoms with Gasteiger partial charge in [-0.25, -0.2) is 5.26 Å². The minimum absolute atomic E-state index is 0.00145. The summed E-state index contributed by atoms with van der Waals surface area (Å²) >= 11 is 5.11. The normalized spacial score (nSPS) is 11.1. The summed E-state index contributed by atoms with van der Waals surface area (Å²) in [4.78, 5) is 18.5. The molecule has 0 aromatic heterocycles. The summed E-state index contributed by atoms with van der Waals surface area (Å²) in [5.74, 6) is 1.53. The molecule has 70 heavy (non-hydrogen) atoms. The molecule has 12 nitrogen and oxygen atoms in total. The van der Waals surface area contributed by atoms with Gasteiger partial charge < -0.3 is 14.2 Å². The number of nitriles is 2. The summed E-state index contributed by atoms with van der Waals surface area (Å²) in [7, 11) is -3.43. The molecule has 8 rings (SSSR count). The molecule has 17 heteroatoms. The third kappa shape index (κ3) is 12.0. The van der Waals surface area contributed by atoms with Crippen molar-refractivity contribution in [3.8, 4) is 52.0 Å². The van der Waals surface area contributed by atoms with Crippen molar-refractivity contribution in [2.75, 3.05) is 7.11 Å². The highest BCUT2D eigenvalue weighted by Crippen LogP contribution is 2.41. The second-order valence-corrected chi connectivity index (χ2v) is 20.4. The smallest absolute Gasteiger partial charge is 0.298 e. The number of methoxy groups -OCH3 is 1. The number of ketones is 1. The van der Waals surface area contributed by atoms with Crippen molar-refractivity contribution >= 4 is 63.2 Å². The van der Waals surface area contributed by atoms with E-state index >= 15 is 0 Å². The minimum Gasteiger partial charge on any atom is -0.495 e. The van der Waals surface area contributed by atoms with Crippen molar-refractivity contribution in [3.05, 3.63) is 198 Å². The lowest BCUT2D eigenvalue weighted by Gasteiger charge is -2.12. The summed E-state index contributed by atoms with van der Waals surface area (Å²) in [6.45, 7) is 1.88. The van der Waals surface area contributed by atoms with Gasteiger partial charge in [-0.3, -0.25) is 9.35 Å². The monoisotopic (exact) mass is 1020 g/mol. The lowest BCUT2D eigenvalue weighted by atomic mass is 10.0. The van der Waals surface area contributed by atoms with Crippen molar-refractivity contribution in [2.24, 2.45) is 0 Å². The van der Waals surface area contributed by atoms with Crippen LogP contribution < -0.4 is 14.2 Å². The molecule has 348 valence electrons. The van der Waals surface area contributed by atoms with E-state index in [1.807, 2.05) is 128 Å². The summed E-state index contributed by atoms with van der Waals surface area (Å²) in [6.07, 6.45) is 0. The van der Waals surface area contributed by atoms with Gasteiger partial charge in [-0.15, -0.1) is 4.33 Å². The molecule has 0 heterocycles. The van der Waals surface area contributed by atoms with Crippen LogP contribution in [0.25, 0.3) is 11.1 Å². The molecule has 0 bridgehead atoms. The van der Waals surface area contributed by atoms with Gasteiger partial charge in [0.05, 0.1) is 29.6 Å². The lowest BCUT2D eigenvalue weighted by Crippen LogP contribution is -2.07. The molecule has 0 fully saturated rings. The van der Waals surface area contributed by atoms with E-state index in [1.165, 1.54) is 48.8 Å². The molecule has 0 spiro atoms. The lowest BCUT2D eigenvalue weighted by molar-refractivity contribution is -0.432. The number of carbonyl (C=O) groups excluding carboxylic acids is 1. The first-order valence-electron chi connectivity index (χ1n) is 20.7. The number of carbonyl (C=O) groups is 1. The second kappa shape index (κ2) is 22.6. The molecule has 0 aliphatic rings. The number of rotatable bonds is 18. The van der Waals surface area contributed by atoms with E-state index in [4.69, 9.17) is 23.8 Å². The van der Waals surface area contributed by atoms with Crippen molar-refractivity contribution in [2.45, 2.75) is 46.1 Å². The zero-order chi connectivity index (χ0) is 49.2. The largest absolute Gasteiger partial charge is 0.495 e. The number of benzene rings is 8. The molecule has 0 aliphatic heterocycles. The molecule has 0 amide bonds. The highest BCUT2D eigenvalue weighted by atomic mass is 32.2. The van der Waals surface area contributed by atoms with Crippen LogP contribution >= 0.6 is 47.3 Å². The van der Waals surface area contributed by atoms with E-state index < -0.39 is 20.8 Å². The maximum absolute atomic E-state index is 13.4. The molecule has 2 N–H and O–H groups in total. The average molecular weight is 1020 g/mol. The predicted octanol–water partition coefficient (Wildman–Crippen LogP) is 14.4. The number of aryl methyl sites for hydroxylation is 1. The average Bonchev–Trinajstić information content (AvgIpc) is 3.37. The van der Waals surface area contributed by atoms with E-state index in [-0.39, 0.29) is 16.9 Å². The van der Waals surface area contributed by atoms with Crippen molar-refractivity contribution in [1.29, 1.82) is 10.5 Å². The van der Waals surface area contributed by atoms with Gasteiger partial charge in [0.25, 0.3) is 10.1 Å².